The van der Waals surface area contributed by atoms with Crippen LogP contribution in [0.2, 0.25) is 15.1 Å². The van der Waals surface area contributed by atoms with E-state index in [1.54, 1.807) is 0 Å². The molecule has 0 radical (unpaired) electrons. The summed E-state index contributed by atoms with van der Waals surface area (Å²) in [5.74, 6) is 0. The maximum Gasteiger partial charge on any atom is 0.246 e. The number of hydrogen-bond acceptors (Lipinski definition) is 3. The zero-order chi connectivity index (χ0) is 14.2. The summed E-state index contributed by atoms with van der Waals surface area (Å²) in [6, 6.07) is 2.79. The van der Waals surface area contributed by atoms with Crippen molar-refractivity contribution in [3.8, 4) is 0 Å². The van der Waals surface area contributed by atoms with Gasteiger partial charge >= 0.3 is 0 Å². The van der Waals surface area contributed by atoms with Gasteiger partial charge in [-0.15, -0.1) is 12.4 Å². The van der Waals surface area contributed by atoms with E-state index in [0.29, 0.717) is 31.0 Å². The van der Waals surface area contributed by atoms with E-state index in [1.165, 1.54) is 16.4 Å². The normalized spacial score (nSPS) is 17.8. The Morgan fingerprint density at radius 3 is 2.00 bits per heavy atom. The summed E-state index contributed by atoms with van der Waals surface area (Å²) in [7, 11) is -3.71. The van der Waals surface area contributed by atoms with E-state index in [1.807, 2.05) is 0 Å². The highest BCUT2D eigenvalue weighted by atomic mass is 35.5. The number of benzene rings is 1. The first kappa shape index (κ1) is 18.3. The molecule has 1 heterocycles. The van der Waals surface area contributed by atoms with Crippen molar-refractivity contribution in [2.75, 3.05) is 13.1 Å². The van der Waals surface area contributed by atoms with Crippen LogP contribution in [-0.4, -0.2) is 31.9 Å². The number of rotatable bonds is 2. The molecule has 0 amide bonds. The molecule has 2 N–H and O–H groups in total. The number of nitrogens with two attached hydrogens (primary N) is 1. The van der Waals surface area contributed by atoms with E-state index < -0.39 is 10.0 Å². The molecule has 0 saturated carbocycles. The van der Waals surface area contributed by atoms with Crippen LogP contribution in [0.15, 0.2) is 17.0 Å². The molecule has 0 unspecified atom stereocenters. The molecular formula is C11H14Cl4N2O2S. The SMILES string of the molecule is Cl.NC1CCN(S(=O)(=O)c2c(Cl)cc(Cl)cc2Cl)CC1. The van der Waals surface area contributed by atoms with Crippen LogP contribution in [0.5, 0.6) is 0 Å². The van der Waals surface area contributed by atoms with Gasteiger partial charge < -0.3 is 5.73 Å². The summed E-state index contributed by atoms with van der Waals surface area (Å²) in [4.78, 5) is -0.0873. The van der Waals surface area contributed by atoms with Gasteiger partial charge in [0.15, 0.2) is 0 Å². The molecule has 0 aliphatic carbocycles. The van der Waals surface area contributed by atoms with Gasteiger partial charge in [0, 0.05) is 24.2 Å². The number of sulfonamides is 1. The Bertz CT molecular complexity index is 563. The average Bonchev–Trinajstić information content (AvgIpc) is 2.27. The molecule has 114 valence electrons. The van der Waals surface area contributed by atoms with Crippen molar-refractivity contribution in [3.63, 3.8) is 0 Å². The minimum atomic E-state index is -3.71. The monoisotopic (exact) mass is 378 g/mol. The summed E-state index contributed by atoms with van der Waals surface area (Å²) < 4.78 is 26.4. The average molecular weight is 380 g/mol. The predicted octanol–water partition coefficient (Wildman–Crippen LogP) is 3.18. The standard InChI is InChI=1S/C11H13Cl3N2O2S.ClH/c12-7-5-9(13)11(10(14)6-7)19(17,18)16-3-1-8(15)2-4-16;/h5-6,8H,1-4,15H2;1H. The third-order valence-electron chi connectivity index (χ3n) is 3.06. The van der Waals surface area contributed by atoms with Crippen molar-refractivity contribution < 1.29 is 8.42 Å². The van der Waals surface area contributed by atoms with Crippen LogP contribution in [0.4, 0.5) is 0 Å². The fourth-order valence-electron chi connectivity index (χ4n) is 2.02. The summed E-state index contributed by atoms with van der Waals surface area (Å²) in [5.41, 5.74) is 5.77. The van der Waals surface area contributed by atoms with Crippen molar-refractivity contribution in [1.29, 1.82) is 0 Å². The van der Waals surface area contributed by atoms with Gasteiger partial charge in [-0.3, -0.25) is 0 Å². The Labute approximate surface area is 139 Å². The highest BCUT2D eigenvalue weighted by molar-refractivity contribution is 7.89. The van der Waals surface area contributed by atoms with E-state index in [9.17, 15) is 8.42 Å². The van der Waals surface area contributed by atoms with E-state index in [4.69, 9.17) is 40.5 Å². The highest BCUT2D eigenvalue weighted by Gasteiger charge is 2.31. The lowest BCUT2D eigenvalue weighted by Gasteiger charge is -2.29. The summed E-state index contributed by atoms with van der Waals surface area (Å²) >= 11 is 17.7. The Morgan fingerprint density at radius 1 is 1.10 bits per heavy atom. The third-order valence-corrected chi connectivity index (χ3v) is 6.10. The van der Waals surface area contributed by atoms with Crippen molar-refractivity contribution >= 4 is 57.2 Å². The first-order valence-corrected chi connectivity index (χ1v) is 8.30. The van der Waals surface area contributed by atoms with E-state index in [-0.39, 0.29) is 33.4 Å². The molecule has 1 fully saturated rings. The van der Waals surface area contributed by atoms with Crippen molar-refractivity contribution in [2.24, 2.45) is 5.73 Å². The lowest BCUT2D eigenvalue weighted by atomic mass is 10.1. The number of halogens is 4. The van der Waals surface area contributed by atoms with Crippen LogP contribution < -0.4 is 5.73 Å². The van der Waals surface area contributed by atoms with E-state index >= 15 is 0 Å². The lowest BCUT2D eigenvalue weighted by Crippen LogP contribution is -2.42. The summed E-state index contributed by atoms with van der Waals surface area (Å²) in [6.45, 7) is 0.748. The van der Waals surface area contributed by atoms with E-state index in [2.05, 4.69) is 0 Å². The van der Waals surface area contributed by atoms with Crippen molar-refractivity contribution in [1.82, 2.24) is 4.31 Å². The van der Waals surface area contributed by atoms with Gasteiger partial charge in [0.2, 0.25) is 10.0 Å². The van der Waals surface area contributed by atoms with E-state index in [0.717, 1.165) is 0 Å². The molecule has 1 aromatic carbocycles. The van der Waals surface area contributed by atoms with Crippen LogP contribution in [0, 0.1) is 0 Å². The minimum Gasteiger partial charge on any atom is -0.328 e. The molecule has 1 saturated heterocycles. The molecule has 1 aliphatic heterocycles. The third kappa shape index (κ3) is 3.71. The second kappa shape index (κ2) is 7.01. The maximum absolute atomic E-state index is 12.5. The van der Waals surface area contributed by atoms with Crippen molar-refractivity contribution in [2.45, 2.75) is 23.8 Å². The van der Waals surface area contributed by atoms with Crippen LogP contribution in [-0.2, 0) is 10.0 Å². The topological polar surface area (TPSA) is 63.4 Å². The Hall–Kier alpha value is 0.250. The molecule has 0 aromatic heterocycles. The minimum absolute atomic E-state index is 0. The molecule has 0 bridgehead atoms. The molecule has 1 aliphatic rings. The Kier molecular flexibility index (Phi) is 6.41. The molecular weight excluding hydrogens is 366 g/mol. The molecule has 20 heavy (non-hydrogen) atoms. The number of hydrogen-bond donors (Lipinski definition) is 1. The van der Waals surface area contributed by atoms with Gasteiger partial charge in [0.1, 0.15) is 4.90 Å². The highest BCUT2D eigenvalue weighted by Crippen LogP contribution is 2.35. The van der Waals surface area contributed by atoms with Gasteiger partial charge in [0.05, 0.1) is 10.0 Å². The fraction of sp³-hybridized carbons (Fsp3) is 0.455. The molecule has 4 nitrogen and oxygen atoms in total. The van der Waals surface area contributed by atoms with Gasteiger partial charge in [-0.2, -0.15) is 4.31 Å². The van der Waals surface area contributed by atoms with Crippen LogP contribution in [0.25, 0.3) is 0 Å². The molecule has 2 rings (SSSR count). The number of piperidine rings is 1. The molecule has 0 spiro atoms. The van der Waals surface area contributed by atoms with Gasteiger partial charge in [-0.1, -0.05) is 34.8 Å². The largest absolute Gasteiger partial charge is 0.328 e. The van der Waals surface area contributed by atoms with Crippen molar-refractivity contribution in [3.05, 3.63) is 27.2 Å². The van der Waals surface area contributed by atoms with Crippen LogP contribution in [0.3, 0.4) is 0 Å². The molecule has 1 aromatic rings. The Balaban J connectivity index is 0.00000200. The Morgan fingerprint density at radius 2 is 1.55 bits per heavy atom. The second-order valence-electron chi connectivity index (χ2n) is 4.44. The second-order valence-corrected chi connectivity index (χ2v) is 7.57. The van der Waals surface area contributed by atoms with Gasteiger partial charge in [-0.25, -0.2) is 8.42 Å². The lowest BCUT2D eigenvalue weighted by molar-refractivity contribution is 0.320. The first-order valence-electron chi connectivity index (χ1n) is 5.72. The van der Waals surface area contributed by atoms with Gasteiger partial charge in [0.25, 0.3) is 0 Å². The zero-order valence-electron chi connectivity index (χ0n) is 10.4. The molecule has 9 heteroatoms. The smallest absolute Gasteiger partial charge is 0.246 e. The quantitative estimate of drug-likeness (QED) is 0.858. The summed E-state index contributed by atoms with van der Waals surface area (Å²) in [6.07, 6.45) is 1.25. The van der Waals surface area contributed by atoms with Crippen LogP contribution in [0.1, 0.15) is 12.8 Å². The first-order chi connectivity index (χ1) is 8.82. The fourth-order valence-corrected chi connectivity index (χ4v) is 4.98. The molecule has 0 atom stereocenters. The predicted molar refractivity (Wildman–Crippen MR) is 84.7 cm³/mol. The maximum atomic E-state index is 12.5. The van der Waals surface area contributed by atoms with Crippen LogP contribution >= 0.6 is 47.2 Å². The zero-order valence-corrected chi connectivity index (χ0v) is 14.3. The summed E-state index contributed by atoms with van der Waals surface area (Å²) in [5, 5.41) is 0.370. The van der Waals surface area contributed by atoms with Gasteiger partial charge in [-0.05, 0) is 25.0 Å². The number of nitrogens with zero attached hydrogens (tertiary/aromatic N) is 1.